The van der Waals surface area contributed by atoms with Gasteiger partial charge in [0.15, 0.2) is 0 Å². The minimum Gasteiger partial charge on any atom is -0.361 e. The highest BCUT2D eigenvalue weighted by atomic mass is 19.1. The first-order valence-corrected chi connectivity index (χ1v) is 7.01. The molecule has 1 fully saturated rings. The zero-order valence-corrected chi connectivity index (χ0v) is 10.8. The Labute approximate surface area is 111 Å². The summed E-state index contributed by atoms with van der Waals surface area (Å²) in [5.74, 6) is -0.160. The van der Waals surface area contributed by atoms with E-state index in [9.17, 15) is 4.39 Å². The van der Waals surface area contributed by atoms with Crippen molar-refractivity contribution in [3.8, 4) is 0 Å². The molecular formula is C16H17FN2. The lowest BCUT2D eigenvalue weighted by Crippen LogP contribution is -2.32. The van der Waals surface area contributed by atoms with Crippen LogP contribution in [0.3, 0.4) is 0 Å². The van der Waals surface area contributed by atoms with Gasteiger partial charge in [-0.1, -0.05) is 6.08 Å². The molecule has 0 spiro atoms. The summed E-state index contributed by atoms with van der Waals surface area (Å²) in [7, 11) is 0. The smallest absolute Gasteiger partial charge is 0.123 e. The molecular weight excluding hydrogens is 239 g/mol. The molecule has 0 amide bonds. The molecule has 4 rings (SSSR count). The maximum Gasteiger partial charge on any atom is 0.123 e. The van der Waals surface area contributed by atoms with Crippen LogP contribution in [0.2, 0.25) is 0 Å². The molecule has 3 heteroatoms. The Kier molecular flexibility index (Phi) is 2.49. The van der Waals surface area contributed by atoms with Crippen molar-refractivity contribution >= 4 is 16.5 Å². The second kappa shape index (κ2) is 4.20. The molecule has 0 bridgehead atoms. The van der Waals surface area contributed by atoms with E-state index in [1.165, 1.54) is 36.6 Å². The Bertz CT molecular complexity index is 656. The van der Waals surface area contributed by atoms with Gasteiger partial charge in [0.25, 0.3) is 0 Å². The number of halogens is 1. The quantitative estimate of drug-likeness (QED) is 0.826. The predicted octanol–water partition coefficient (Wildman–Crippen LogP) is 3.56. The van der Waals surface area contributed by atoms with Crippen LogP contribution in [0.15, 0.2) is 30.5 Å². The van der Waals surface area contributed by atoms with Gasteiger partial charge in [-0.25, -0.2) is 4.39 Å². The fraction of sp³-hybridized carbons (Fsp3) is 0.375. The Morgan fingerprint density at radius 1 is 1.32 bits per heavy atom. The minimum absolute atomic E-state index is 0.160. The Balaban J connectivity index is 1.76. The van der Waals surface area contributed by atoms with Gasteiger partial charge in [-0.05, 0) is 49.6 Å². The van der Waals surface area contributed by atoms with Crippen molar-refractivity contribution < 1.29 is 4.39 Å². The monoisotopic (exact) mass is 256 g/mol. The van der Waals surface area contributed by atoms with Crippen LogP contribution in [0.4, 0.5) is 4.39 Å². The van der Waals surface area contributed by atoms with Crippen molar-refractivity contribution in [1.29, 1.82) is 0 Å². The van der Waals surface area contributed by atoms with E-state index in [0.717, 1.165) is 23.9 Å². The topological polar surface area (TPSA) is 19.0 Å². The maximum absolute atomic E-state index is 13.4. The summed E-state index contributed by atoms with van der Waals surface area (Å²) in [5.41, 5.74) is 3.58. The highest BCUT2D eigenvalue weighted by Gasteiger charge is 2.28. The van der Waals surface area contributed by atoms with E-state index in [1.807, 2.05) is 12.3 Å². The molecule has 0 radical (unpaired) electrons. The molecule has 0 unspecified atom stereocenters. The zero-order valence-electron chi connectivity index (χ0n) is 10.8. The van der Waals surface area contributed by atoms with E-state index < -0.39 is 0 Å². The number of rotatable bonds is 1. The first kappa shape index (κ1) is 11.2. The van der Waals surface area contributed by atoms with E-state index >= 15 is 0 Å². The number of aromatic amines is 1. The summed E-state index contributed by atoms with van der Waals surface area (Å²) in [6.45, 7) is 2.28. The highest BCUT2D eigenvalue weighted by Crippen LogP contribution is 2.35. The van der Waals surface area contributed by atoms with Gasteiger partial charge < -0.3 is 4.98 Å². The summed E-state index contributed by atoms with van der Waals surface area (Å²) in [5, 5.41) is 1.01. The summed E-state index contributed by atoms with van der Waals surface area (Å²) >= 11 is 0. The average molecular weight is 256 g/mol. The van der Waals surface area contributed by atoms with Gasteiger partial charge in [0.2, 0.25) is 0 Å². The number of hydrogen-bond acceptors (Lipinski definition) is 1. The largest absolute Gasteiger partial charge is 0.361 e. The van der Waals surface area contributed by atoms with Gasteiger partial charge in [-0.2, -0.15) is 0 Å². The average Bonchev–Trinajstić information content (AvgIpc) is 3.03. The van der Waals surface area contributed by atoms with Gasteiger partial charge in [0.1, 0.15) is 5.82 Å². The molecule has 2 nitrogen and oxygen atoms in total. The van der Waals surface area contributed by atoms with E-state index in [4.69, 9.17) is 0 Å². The molecule has 1 saturated heterocycles. The molecule has 2 aliphatic heterocycles. The summed E-state index contributed by atoms with van der Waals surface area (Å²) in [6, 6.07) is 5.66. The van der Waals surface area contributed by atoms with Crippen LogP contribution in [0.1, 0.15) is 24.8 Å². The van der Waals surface area contributed by atoms with Crippen LogP contribution in [-0.4, -0.2) is 29.0 Å². The van der Waals surface area contributed by atoms with Gasteiger partial charge in [0, 0.05) is 35.2 Å². The third-order valence-corrected chi connectivity index (χ3v) is 4.52. The number of H-pyrrole nitrogens is 1. The molecule has 3 heterocycles. The third-order valence-electron chi connectivity index (χ3n) is 4.52. The fourth-order valence-corrected chi connectivity index (χ4v) is 3.51. The first-order chi connectivity index (χ1) is 9.31. The second-order valence-corrected chi connectivity index (χ2v) is 5.62. The summed E-state index contributed by atoms with van der Waals surface area (Å²) in [6.07, 6.45) is 8.06. The molecule has 0 saturated carbocycles. The Hall–Kier alpha value is -1.61. The number of fused-ring (bicyclic) bond motifs is 2. The van der Waals surface area contributed by atoms with E-state index in [0.29, 0.717) is 6.04 Å². The van der Waals surface area contributed by atoms with Gasteiger partial charge in [-0.15, -0.1) is 0 Å². The Morgan fingerprint density at radius 3 is 3.21 bits per heavy atom. The lowest BCUT2D eigenvalue weighted by molar-refractivity contribution is 0.275. The van der Waals surface area contributed by atoms with Gasteiger partial charge in [-0.3, -0.25) is 4.90 Å². The summed E-state index contributed by atoms with van der Waals surface area (Å²) in [4.78, 5) is 5.81. The van der Waals surface area contributed by atoms with E-state index in [2.05, 4.69) is 16.0 Å². The number of hydrogen-bond donors (Lipinski definition) is 1. The molecule has 98 valence electrons. The first-order valence-electron chi connectivity index (χ1n) is 7.01. The molecule has 19 heavy (non-hydrogen) atoms. The Morgan fingerprint density at radius 2 is 2.26 bits per heavy atom. The van der Waals surface area contributed by atoms with Crippen molar-refractivity contribution in [3.05, 3.63) is 41.9 Å². The summed E-state index contributed by atoms with van der Waals surface area (Å²) < 4.78 is 13.4. The molecule has 1 aromatic heterocycles. The number of nitrogens with zero attached hydrogens (tertiary/aromatic N) is 1. The number of aromatic nitrogens is 1. The molecule has 1 aromatic carbocycles. The lowest BCUT2D eigenvalue weighted by atomic mass is 9.94. The van der Waals surface area contributed by atoms with Crippen LogP contribution in [0.5, 0.6) is 0 Å². The van der Waals surface area contributed by atoms with Crippen molar-refractivity contribution in [2.75, 3.05) is 13.1 Å². The van der Waals surface area contributed by atoms with Gasteiger partial charge >= 0.3 is 0 Å². The normalized spacial score (nSPS) is 23.6. The lowest BCUT2D eigenvalue weighted by Gasteiger charge is -2.29. The van der Waals surface area contributed by atoms with Crippen molar-refractivity contribution in [3.63, 3.8) is 0 Å². The van der Waals surface area contributed by atoms with Crippen LogP contribution >= 0.6 is 0 Å². The van der Waals surface area contributed by atoms with E-state index in [1.54, 1.807) is 6.07 Å². The van der Waals surface area contributed by atoms with Crippen molar-refractivity contribution in [1.82, 2.24) is 9.88 Å². The predicted molar refractivity (Wildman–Crippen MR) is 75.4 cm³/mol. The molecule has 2 aromatic rings. The number of benzene rings is 1. The van der Waals surface area contributed by atoms with Crippen LogP contribution in [0, 0.1) is 5.82 Å². The fourth-order valence-electron chi connectivity index (χ4n) is 3.51. The molecule has 2 aliphatic rings. The standard InChI is InChI=1S/C16H17FN2/c17-12-3-4-16-14(9-12)15(10-18-16)11-5-7-19-6-1-2-13(19)8-11/h3-5,9-10,13,18H,1-2,6-8H2/t13-/m1/s1. The van der Waals surface area contributed by atoms with Crippen molar-refractivity contribution in [2.24, 2.45) is 0 Å². The highest BCUT2D eigenvalue weighted by molar-refractivity contribution is 5.92. The molecule has 0 aliphatic carbocycles. The van der Waals surface area contributed by atoms with Crippen LogP contribution in [-0.2, 0) is 0 Å². The SMILES string of the molecule is Fc1ccc2[nH]cc(C3=CCN4CCC[C@@H]4C3)c2c1. The van der Waals surface area contributed by atoms with Crippen LogP contribution < -0.4 is 0 Å². The van der Waals surface area contributed by atoms with Crippen LogP contribution in [0.25, 0.3) is 16.5 Å². The molecule has 1 atom stereocenters. The van der Waals surface area contributed by atoms with Gasteiger partial charge in [0.05, 0.1) is 0 Å². The van der Waals surface area contributed by atoms with E-state index in [-0.39, 0.29) is 5.82 Å². The zero-order chi connectivity index (χ0) is 12.8. The van der Waals surface area contributed by atoms with Crippen molar-refractivity contribution in [2.45, 2.75) is 25.3 Å². The number of nitrogens with one attached hydrogen (secondary N) is 1. The minimum atomic E-state index is -0.160. The second-order valence-electron chi connectivity index (χ2n) is 5.62. The maximum atomic E-state index is 13.4. The molecule has 1 N–H and O–H groups in total. The third kappa shape index (κ3) is 1.80.